The number of carbonyl (C=O) groups excluding carboxylic acids is 3. The van der Waals surface area contributed by atoms with Crippen molar-refractivity contribution in [2.24, 2.45) is 23.5 Å². The van der Waals surface area contributed by atoms with E-state index in [1.54, 1.807) is 20.8 Å². The number of benzene rings is 1. The SMILES string of the molecule is CC(C)C[C@@H](C(=O)N[C@H]1Cc2cn(c3ccccc23)CCCCCCNC1=O)C(CN)C(=O)OC(C)(C)C. The molecular formula is C30H46N4O4. The molecule has 210 valence electrons. The first-order valence-corrected chi connectivity index (χ1v) is 14.1. The summed E-state index contributed by atoms with van der Waals surface area (Å²) in [5.74, 6) is -2.38. The molecule has 0 saturated carbocycles. The van der Waals surface area contributed by atoms with Crippen molar-refractivity contribution in [3.05, 3.63) is 36.0 Å². The minimum atomic E-state index is -0.795. The normalized spacial score (nSPS) is 19.0. The van der Waals surface area contributed by atoms with Gasteiger partial charge in [0.25, 0.3) is 0 Å². The quantitative estimate of drug-likeness (QED) is 0.473. The molecule has 2 aromatic rings. The first-order valence-electron chi connectivity index (χ1n) is 14.1. The number of nitrogens with zero attached hydrogens (tertiary/aromatic N) is 1. The average molecular weight is 527 g/mol. The topological polar surface area (TPSA) is 115 Å². The molecule has 0 aliphatic carbocycles. The highest BCUT2D eigenvalue weighted by atomic mass is 16.6. The number of esters is 1. The summed E-state index contributed by atoms with van der Waals surface area (Å²) in [5, 5.41) is 7.13. The Morgan fingerprint density at radius 3 is 2.53 bits per heavy atom. The van der Waals surface area contributed by atoms with Crippen LogP contribution in [0.15, 0.2) is 30.5 Å². The molecule has 1 aromatic carbocycles. The Hall–Kier alpha value is -2.87. The fraction of sp³-hybridized carbons (Fsp3) is 0.633. The zero-order chi connectivity index (χ0) is 27.9. The van der Waals surface area contributed by atoms with Crippen LogP contribution < -0.4 is 16.4 Å². The second-order valence-electron chi connectivity index (χ2n) is 11.9. The van der Waals surface area contributed by atoms with Crippen LogP contribution in [0.3, 0.4) is 0 Å². The van der Waals surface area contributed by atoms with Gasteiger partial charge in [-0.15, -0.1) is 0 Å². The highest BCUT2D eigenvalue weighted by Crippen LogP contribution is 2.26. The number of aryl methyl sites for hydroxylation is 1. The molecule has 1 unspecified atom stereocenters. The highest BCUT2D eigenvalue weighted by molar-refractivity contribution is 5.92. The summed E-state index contributed by atoms with van der Waals surface area (Å²) in [4.78, 5) is 40.1. The maximum absolute atomic E-state index is 13.8. The summed E-state index contributed by atoms with van der Waals surface area (Å²) in [6.07, 6.45) is 7.04. The minimum Gasteiger partial charge on any atom is -0.460 e. The predicted molar refractivity (Wildman–Crippen MR) is 150 cm³/mol. The van der Waals surface area contributed by atoms with Crippen molar-refractivity contribution in [3.8, 4) is 0 Å². The van der Waals surface area contributed by atoms with Gasteiger partial charge in [-0.1, -0.05) is 44.9 Å². The van der Waals surface area contributed by atoms with Crippen molar-refractivity contribution in [2.75, 3.05) is 13.1 Å². The van der Waals surface area contributed by atoms with Crippen LogP contribution in [-0.2, 0) is 32.1 Å². The number of para-hydroxylation sites is 1. The number of ether oxygens (including phenoxy) is 1. The van der Waals surface area contributed by atoms with E-state index in [0.717, 1.165) is 48.7 Å². The average Bonchev–Trinajstić information content (AvgIpc) is 3.18. The molecule has 0 saturated heterocycles. The Balaban J connectivity index is 1.91. The number of hydrogen-bond donors (Lipinski definition) is 3. The van der Waals surface area contributed by atoms with Crippen LogP contribution in [0, 0.1) is 17.8 Å². The molecule has 1 aliphatic heterocycles. The molecule has 0 fully saturated rings. The predicted octanol–water partition coefficient (Wildman–Crippen LogP) is 3.94. The Morgan fingerprint density at radius 2 is 1.84 bits per heavy atom. The Kier molecular flexibility index (Phi) is 10.4. The van der Waals surface area contributed by atoms with Crippen molar-refractivity contribution in [3.63, 3.8) is 0 Å². The van der Waals surface area contributed by atoms with Crippen molar-refractivity contribution in [1.29, 1.82) is 0 Å². The number of amides is 2. The molecule has 3 atom stereocenters. The molecule has 0 spiro atoms. The molecule has 4 N–H and O–H groups in total. The van der Waals surface area contributed by atoms with Gasteiger partial charge in [0, 0.05) is 43.2 Å². The summed E-state index contributed by atoms with van der Waals surface area (Å²) in [6, 6.07) is 7.42. The third kappa shape index (κ3) is 8.06. The van der Waals surface area contributed by atoms with Gasteiger partial charge in [0.2, 0.25) is 11.8 Å². The van der Waals surface area contributed by atoms with Gasteiger partial charge in [0.1, 0.15) is 11.6 Å². The molecule has 2 bridgehead atoms. The van der Waals surface area contributed by atoms with Gasteiger partial charge < -0.3 is 25.7 Å². The maximum Gasteiger partial charge on any atom is 0.311 e. The molecule has 2 amide bonds. The first-order chi connectivity index (χ1) is 18.0. The van der Waals surface area contributed by atoms with E-state index >= 15 is 0 Å². The number of aromatic nitrogens is 1. The van der Waals surface area contributed by atoms with Gasteiger partial charge in [0.15, 0.2) is 0 Å². The molecule has 2 heterocycles. The van der Waals surface area contributed by atoms with Gasteiger partial charge in [-0.05, 0) is 57.6 Å². The highest BCUT2D eigenvalue weighted by Gasteiger charge is 2.37. The largest absolute Gasteiger partial charge is 0.460 e. The second-order valence-corrected chi connectivity index (χ2v) is 11.9. The van der Waals surface area contributed by atoms with Crippen LogP contribution in [0.1, 0.15) is 72.3 Å². The number of carbonyl (C=O) groups is 3. The lowest BCUT2D eigenvalue weighted by atomic mass is 9.84. The van der Waals surface area contributed by atoms with Gasteiger partial charge >= 0.3 is 5.97 Å². The lowest BCUT2D eigenvalue weighted by Gasteiger charge is -2.30. The summed E-state index contributed by atoms with van der Waals surface area (Å²) < 4.78 is 7.86. The molecule has 8 nitrogen and oxygen atoms in total. The van der Waals surface area contributed by atoms with Crippen LogP contribution in [-0.4, -0.2) is 47.1 Å². The monoisotopic (exact) mass is 526 g/mol. The lowest BCUT2D eigenvalue weighted by Crippen LogP contribution is -2.52. The fourth-order valence-electron chi connectivity index (χ4n) is 5.24. The van der Waals surface area contributed by atoms with E-state index in [-0.39, 0.29) is 24.3 Å². The maximum atomic E-state index is 13.8. The molecule has 1 aromatic heterocycles. The number of hydrogen-bond acceptors (Lipinski definition) is 5. The summed E-state index contributed by atoms with van der Waals surface area (Å²) in [6.45, 7) is 10.9. The number of rotatable bonds is 7. The smallest absolute Gasteiger partial charge is 0.311 e. The van der Waals surface area contributed by atoms with Crippen LogP contribution in [0.25, 0.3) is 10.9 Å². The van der Waals surface area contributed by atoms with E-state index < -0.39 is 29.4 Å². The van der Waals surface area contributed by atoms with E-state index in [1.807, 2.05) is 26.0 Å². The summed E-state index contributed by atoms with van der Waals surface area (Å²) in [5.41, 5.74) is 7.49. The second kappa shape index (κ2) is 13.3. The van der Waals surface area contributed by atoms with E-state index in [9.17, 15) is 14.4 Å². The molecule has 0 radical (unpaired) electrons. The van der Waals surface area contributed by atoms with E-state index in [2.05, 4.69) is 33.5 Å². The van der Waals surface area contributed by atoms with Crippen molar-refractivity contribution in [1.82, 2.24) is 15.2 Å². The number of nitrogens with two attached hydrogens (primary N) is 1. The van der Waals surface area contributed by atoms with Gasteiger partial charge in [0.05, 0.1) is 11.8 Å². The third-order valence-electron chi connectivity index (χ3n) is 7.06. The van der Waals surface area contributed by atoms with E-state index in [1.165, 1.54) is 0 Å². The van der Waals surface area contributed by atoms with Gasteiger partial charge in [-0.25, -0.2) is 0 Å². The van der Waals surface area contributed by atoms with Crippen LogP contribution in [0.2, 0.25) is 0 Å². The molecule has 3 rings (SSSR count). The molecule has 8 heteroatoms. The standard InChI is InChI=1S/C30H46N4O4/c1-20(2)16-23(24(18-31)29(37)38-30(3,4)5)27(35)33-25-17-21-19-34(26-13-9-8-12-22(21)26)15-11-7-6-10-14-32-28(25)36/h8-9,12-13,19-20,23-25H,6-7,10-11,14-18,31H2,1-5H3,(H,32,36)(H,33,35)/t23-,24?,25+/m1/s1. The van der Waals surface area contributed by atoms with Crippen LogP contribution in [0.4, 0.5) is 0 Å². The zero-order valence-electron chi connectivity index (χ0n) is 23.7. The van der Waals surface area contributed by atoms with Crippen molar-refractivity contribution in [2.45, 2.75) is 91.3 Å². The first kappa shape index (κ1) is 29.7. The number of nitrogens with one attached hydrogen (secondary N) is 2. The summed E-state index contributed by atoms with van der Waals surface area (Å²) >= 11 is 0. The summed E-state index contributed by atoms with van der Waals surface area (Å²) in [7, 11) is 0. The van der Waals surface area contributed by atoms with Crippen LogP contribution in [0.5, 0.6) is 0 Å². The Morgan fingerprint density at radius 1 is 1.13 bits per heavy atom. The lowest BCUT2D eigenvalue weighted by molar-refractivity contribution is -0.163. The van der Waals surface area contributed by atoms with Crippen molar-refractivity contribution >= 4 is 28.7 Å². The zero-order valence-corrected chi connectivity index (χ0v) is 23.7. The van der Waals surface area contributed by atoms with E-state index in [0.29, 0.717) is 19.4 Å². The minimum absolute atomic E-state index is 0.00985. The Bertz CT molecular complexity index is 1100. The van der Waals surface area contributed by atoms with Crippen molar-refractivity contribution < 1.29 is 19.1 Å². The third-order valence-corrected chi connectivity index (χ3v) is 7.06. The Labute approximate surface area is 227 Å². The fourth-order valence-corrected chi connectivity index (χ4v) is 5.24. The van der Waals surface area contributed by atoms with E-state index in [4.69, 9.17) is 10.5 Å². The molecule has 1 aliphatic rings. The number of fused-ring (bicyclic) bond motifs is 5. The molecular weight excluding hydrogens is 480 g/mol. The molecule has 38 heavy (non-hydrogen) atoms. The van der Waals surface area contributed by atoms with Crippen LogP contribution >= 0.6 is 0 Å². The van der Waals surface area contributed by atoms with Gasteiger partial charge in [-0.2, -0.15) is 0 Å². The van der Waals surface area contributed by atoms with Gasteiger partial charge in [-0.3, -0.25) is 14.4 Å².